The number of alkyl halides is 1. The second-order valence-electron chi connectivity index (χ2n) is 9.35. The third-order valence-electron chi connectivity index (χ3n) is 7.37. The summed E-state index contributed by atoms with van der Waals surface area (Å²) in [6, 6.07) is 4.47. The van der Waals surface area contributed by atoms with Crippen molar-refractivity contribution in [3.8, 4) is 0 Å². The van der Waals surface area contributed by atoms with E-state index in [4.69, 9.17) is 22.1 Å². The molecule has 2 aromatic rings. The lowest BCUT2D eigenvalue weighted by atomic mass is 9.82. The number of carbonyl (C=O) groups excluding carboxylic acids is 3. The molecule has 0 spiro atoms. The number of anilines is 1. The number of benzene rings is 1. The first-order chi connectivity index (χ1) is 15.8. The summed E-state index contributed by atoms with van der Waals surface area (Å²) in [4.78, 5) is 45.7. The smallest absolute Gasteiger partial charge is 0.251 e. The second kappa shape index (κ2) is 8.52. The number of amides is 2. The Hall–Kier alpha value is -2.23. The molecule has 3 aliphatic rings. The molecule has 3 fully saturated rings. The van der Waals surface area contributed by atoms with E-state index in [0.29, 0.717) is 10.7 Å². The van der Waals surface area contributed by atoms with Gasteiger partial charge in [-0.2, -0.15) is 0 Å². The number of nitrogen functional groups attached to an aromatic ring is 1. The molecule has 1 saturated carbocycles. The highest BCUT2D eigenvalue weighted by atomic mass is 35.5. The summed E-state index contributed by atoms with van der Waals surface area (Å²) in [6.45, 7) is 1.90. The molecule has 33 heavy (non-hydrogen) atoms. The number of nitrogens with one attached hydrogen (secondary N) is 1. The van der Waals surface area contributed by atoms with E-state index < -0.39 is 23.1 Å². The van der Waals surface area contributed by atoms with Crippen molar-refractivity contribution in [2.75, 3.05) is 18.9 Å². The number of ether oxygens (including phenoxy) is 1. The van der Waals surface area contributed by atoms with E-state index >= 15 is 0 Å². The van der Waals surface area contributed by atoms with Crippen molar-refractivity contribution in [1.82, 2.24) is 15.2 Å². The highest BCUT2D eigenvalue weighted by Gasteiger charge is 2.61. The Morgan fingerprint density at radius 1 is 1.33 bits per heavy atom. The van der Waals surface area contributed by atoms with Crippen LogP contribution in [0.5, 0.6) is 0 Å². The number of likely N-dealkylation sites (tertiary alicyclic amines) is 1. The number of rotatable bonds is 4. The van der Waals surface area contributed by atoms with Gasteiger partial charge in [0.15, 0.2) is 10.9 Å². The molecule has 5 rings (SSSR count). The number of hydrogen-bond acceptors (Lipinski definition) is 7. The van der Waals surface area contributed by atoms with Gasteiger partial charge in [0.05, 0.1) is 15.6 Å². The van der Waals surface area contributed by atoms with Crippen LogP contribution in [0.15, 0.2) is 18.2 Å². The maximum absolute atomic E-state index is 13.9. The second-order valence-corrected chi connectivity index (χ2v) is 11.0. The Balaban J connectivity index is 1.43. The molecule has 2 aliphatic heterocycles. The first kappa shape index (κ1) is 22.6. The zero-order valence-electron chi connectivity index (χ0n) is 18.4. The van der Waals surface area contributed by atoms with E-state index in [1.807, 2.05) is 0 Å². The number of nitrogens with zero attached hydrogens (tertiary/aromatic N) is 2. The van der Waals surface area contributed by atoms with Gasteiger partial charge in [0, 0.05) is 12.1 Å². The van der Waals surface area contributed by atoms with Gasteiger partial charge in [-0.3, -0.25) is 14.4 Å². The lowest BCUT2D eigenvalue weighted by Gasteiger charge is -2.38. The quantitative estimate of drug-likeness (QED) is 0.637. The predicted molar refractivity (Wildman–Crippen MR) is 126 cm³/mol. The van der Waals surface area contributed by atoms with Crippen LogP contribution in [-0.4, -0.2) is 63.7 Å². The van der Waals surface area contributed by atoms with E-state index in [1.54, 1.807) is 30.0 Å². The Morgan fingerprint density at radius 3 is 2.85 bits per heavy atom. The summed E-state index contributed by atoms with van der Waals surface area (Å²) >= 11 is 7.80. The van der Waals surface area contributed by atoms with Gasteiger partial charge in [-0.15, -0.1) is 11.6 Å². The number of ketones is 1. The van der Waals surface area contributed by atoms with Crippen molar-refractivity contribution in [2.24, 2.45) is 5.92 Å². The van der Waals surface area contributed by atoms with Crippen molar-refractivity contribution in [3.05, 3.63) is 23.8 Å². The topological polar surface area (TPSA) is 115 Å². The van der Waals surface area contributed by atoms with Crippen molar-refractivity contribution in [1.29, 1.82) is 0 Å². The van der Waals surface area contributed by atoms with Crippen LogP contribution < -0.4 is 11.1 Å². The molecule has 0 bridgehead atoms. The minimum Gasteiger partial charge on any atom is -0.375 e. The van der Waals surface area contributed by atoms with Gasteiger partial charge in [0.2, 0.25) is 5.91 Å². The van der Waals surface area contributed by atoms with Gasteiger partial charge in [0.25, 0.3) is 5.91 Å². The van der Waals surface area contributed by atoms with Crippen LogP contribution in [0.3, 0.4) is 0 Å². The molecule has 1 aromatic heterocycles. The number of halogens is 1. The normalized spacial score (nSPS) is 28.8. The van der Waals surface area contributed by atoms with Crippen LogP contribution in [-0.2, 0) is 14.3 Å². The van der Waals surface area contributed by atoms with Crippen LogP contribution >= 0.6 is 22.9 Å². The standard InChI is InChI=1S/C23H27ClN4O4S/c1-23-17(29)11-32-19(23)14(24)10-28(23)21(31)18(12-5-3-2-4-6-12)27-20(30)13-7-8-15-16(9-13)33-22(25)26-15/h7-9,12,14,18-19H,2-6,10-11H2,1H3,(H2,25,26)(H,27,30)/t14-,18-,19+,23?/m0/s1. The lowest BCUT2D eigenvalue weighted by Crippen LogP contribution is -2.60. The Labute approximate surface area is 200 Å². The molecular weight excluding hydrogens is 464 g/mol. The Morgan fingerprint density at radius 2 is 2.09 bits per heavy atom. The third-order valence-corrected chi connectivity index (χ3v) is 8.58. The summed E-state index contributed by atoms with van der Waals surface area (Å²) in [5.41, 5.74) is 5.87. The number of fused-ring (bicyclic) bond motifs is 2. The fraction of sp³-hybridized carbons (Fsp3) is 0.565. The highest BCUT2D eigenvalue weighted by Crippen LogP contribution is 2.41. The number of aromatic nitrogens is 1. The van der Waals surface area contributed by atoms with Crippen molar-refractivity contribution in [2.45, 2.75) is 62.1 Å². The molecule has 3 heterocycles. The monoisotopic (exact) mass is 490 g/mol. The van der Waals surface area contributed by atoms with E-state index in [-0.39, 0.29) is 36.7 Å². The molecule has 8 nitrogen and oxygen atoms in total. The van der Waals surface area contributed by atoms with Gasteiger partial charge in [0.1, 0.15) is 24.3 Å². The fourth-order valence-corrected chi connectivity index (χ4v) is 6.73. The minimum absolute atomic E-state index is 0.00632. The number of thiazole rings is 1. The number of carbonyl (C=O) groups is 3. The van der Waals surface area contributed by atoms with Gasteiger partial charge in [-0.25, -0.2) is 4.98 Å². The van der Waals surface area contributed by atoms with E-state index in [1.165, 1.54) is 11.3 Å². The summed E-state index contributed by atoms with van der Waals surface area (Å²) in [5.74, 6) is -0.726. The zero-order chi connectivity index (χ0) is 23.3. The van der Waals surface area contributed by atoms with Crippen LogP contribution in [0.4, 0.5) is 5.13 Å². The maximum Gasteiger partial charge on any atom is 0.251 e. The summed E-state index contributed by atoms with van der Waals surface area (Å²) in [5, 5.41) is 2.98. The van der Waals surface area contributed by atoms with Gasteiger partial charge in [-0.05, 0) is 43.9 Å². The van der Waals surface area contributed by atoms with Crippen molar-refractivity contribution >= 4 is 55.9 Å². The molecule has 2 amide bonds. The highest BCUT2D eigenvalue weighted by molar-refractivity contribution is 7.22. The summed E-state index contributed by atoms with van der Waals surface area (Å²) < 4.78 is 6.44. The SMILES string of the molecule is CC12C(=O)CO[C@@H]1[C@@H](Cl)CN2C(=O)[C@@H](NC(=O)c1ccc2nc(N)sc2c1)C1CCCCC1. The minimum atomic E-state index is -1.10. The lowest BCUT2D eigenvalue weighted by molar-refractivity contribution is -0.144. The van der Waals surface area contributed by atoms with Crippen molar-refractivity contribution < 1.29 is 19.1 Å². The van der Waals surface area contributed by atoms with Crippen LogP contribution in [0, 0.1) is 5.92 Å². The van der Waals surface area contributed by atoms with E-state index in [0.717, 1.165) is 42.3 Å². The molecule has 1 unspecified atom stereocenters. The van der Waals surface area contributed by atoms with Crippen LogP contribution in [0.25, 0.3) is 10.2 Å². The van der Waals surface area contributed by atoms with Crippen LogP contribution in [0.1, 0.15) is 49.4 Å². The molecule has 3 N–H and O–H groups in total. The van der Waals surface area contributed by atoms with Gasteiger partial charge < -0.3 is 20.7 Å². The van der Waals surface area contributed by atoms with Gasteiger partial charge >= 0.3 is 0 Å². The molecule has 2 saturated heterocycles. The fourth-order valence-electron chi connectivity index (χ4n) is 5.50. The summed E-state index contributed by atoms with van der Waals surface area (Å²) in [7, 11) is 0. The first-order valence-corrected chi connectivity index (χ1v) is 12.6. The number of nitrogens with two attached hydrogens (primary N) is 1. The average Bonchev–Trinajstić information content (AvgIpc) is 3.42. The average molecular weight is 491 g/mol. The maximum atomic E-state index is 13.9. The summed E-state index contributed by atoms with van der Waals surface area (Å²) in [6.07, 6.45) is 4.31. The van der Waals surface area contributed by atoms with E-state index in [9.17, 15) is 14.4 Å². The largest absolute Gasteiger partial charge is 0.375 e. The van der Waals surface area contributed by atoms with E-state index in [2.05, 4.69) is 10.3 Å². The molecule has 1 aromatic carbocycles. The van der Waals surface area contributed by atoms with Gasteiger partial charge in [-0.1, -0.05) is 30.6 Å². The van der Waals surface area contributed by atoms with Crippen LogP contribution in [0.2, 0.25) is 0 Å². The number of Topliss-reactive ketones (excluding diaryl/α,β-unsaturated/α-hetero) is 1. The molecule has 10 heteroatoms. The van der Waals surface area contributed by atoms with Crippen molar-refractivity contribution in [3.63, 3.8) is 0 Å². The third kappa shape index (κ3) is 3.80. The molecular formula is C23H27ClN4O4S. The zero-order valence-corrected chi connectivity index (χ0v) is 20.0. The molecule has 0 radical (unpaired) electrons. The number of hydrogen-bond donors (Lipinski definition) is 2. The Bertz CT molecular complexity index is 1120. The molecule has 176 valence electrons. The molecule has 4 atom stereocenters. The molecule has 1 aliphatic carbocycles. The Kier molecular flexibility index (Phi) is 5.83. The first-order valence-electron chi connectivity index (χ1n) is 11.4. The predicted octanol–water partition coefficient (Wildman–Crippen LogP) is 2.73.